The molecule has 0 aliphatic heterocycles. The first kappa shape index (κ1) is 32.9. The van der Waals surface area contributed by atoms with Crippen molar-refractivity contribution in [3.8, 4) is 0 Å². The molecular weight excluding hydrogens is 432 g/mol. The van der Waals surface area contributed by atoms with E-state index in [1.54, 1.807) is 20.8 Å². The lowest BCUT2D eigenvalue weighted by Crippen LogP contribution is -2.27. The highest BCUT2D eigenvalue weighted by Gasteiger charge is 2.23. The van der Waals surface area contributed by atoms with Crippen LogP contribution in [0.2, 0.25) is 0 Å². The quantitative estimate of drug-likeness (QED) is 0.0623. The second-order valence-corrected chi connectivity index (χ2v) is 10.5. The van der Waals surface area contributed by atoms with Gasteiger partial charge < -0.3 is 0 Å². The summed E-state index contributed by atoms with van der Waals surface area (Å²) < 4.78 is 0. The molecule has 0 heterocycles. The normalized spacial score (nSPS) is 11.5. The Morgan fingerprint density at radius 3 is 1.18 bits per heavy atom. The van der Waals surface area contributed by atoms with Crippen LogP contribution in [0, 0.1) is 0 Å². The van der Waals surface area contributed by atoms with Gasteiger partial charge in [0.05, 0.1) is 6.61 Å². The Bertz CT molecular complexity index is 472. The van der Waals surface area contributed by atoms with Gasteiger partial charge in [0.1, 0.15) is 5.60 Å². The molecule has 0 aliphatic rings. The molecule has 0 radical (unpaired) electrons. The fraction of sp³-hybridized carbons (Fsp3) is 0.929. The summed E-state index contributed by atoms with van der Waals surface area (Å²) >= 11 is 0. The van der Waals surface area contributed by atoms with Crippen molar-refractivity contribution in [3.63, 3.8) is 0 Å². The fourth-order valence-electron chi connectivity index (χ4n) is 3.74. The van der Waals surface area contributed by atoms with Crippen LogP contribution in [0.3, 0.4) is 0 Å². The van der Waals surface area contributed by atoms with Crippen LogP contribution in [0.1, 0.15) is 156 Å². The Labute approximate surface area is 209 Å². The van der Waals surface area contributed by atoms with Crippen LogP contribution in [-0.2, 0) is 29.1 Å². The van der Waals surface area contributed by atoms with Crippen LogP contribution in [0.5, 0.6) is 0 Å². The van der Waals surface area contributed by atoms with E-state index in [-0.39, 0.29) is 6.61 Å². The molecule has 6 heteroatoms. The van der Waals surface area contributed by atoms with E-state index in [1.165, 1.54) is 109 Å². The van der Waals surface area contributed by atoms with Crippen molar-refractivity contribution >= 4 is 11.9 Å². The van der Waals surface area contributed by atoms with Crippen molar-refractivity contribution in [1.82, 2.24) is 0 Å². The first-order valence-electron chi connectivity index (χ1n) is 14.1. The Morgan fingerprint density at radius 2 is 0.824 bits per heavy atom. The number of hydrogen-bond donors (Lipinski definition) is 0. The zero-order valence-electron chi connectivity index (χ0n) is 22.8. The van der Waals surface area contributed by atoms with Crippen molar-refractivity contribution in [3.05, 3.63) is 0 Å². The van der Waals surface area contributed by atoms with Crippen molar-refractivity contribution in [2.45, 2.75) is 162 Å². The zero-order chi connectivity index (χ0) is 25.3. The minimum Gasteiger partial charge on any atom is -0.285 e. The first-order chi connectivity index (χ1) is 16.4. The molecule has 0 atom stereocenters. The lowest BCUT2D eigenvalue weighted by Gasteiger charge is -2.15. The Balaban J connectivity index is 3.22. The van der Waals surface area contributed by atoms with E-state index in [4.69, 9.17) is 9.78 Å². The highest BCUT2D eigenvalue weighted by molar-refractivity contribution is 6.29. The summed E-state index contributed by atoms with van der Waals surface area (Å²) in [5.74, 6) is -2.43. The third-order valence-corrected chi connectivity index (χ3v) is 5.75. The molecule has 6 nitrogen and oxygen atoms in total. The molecule has 0 saturated carbocycles. The lowest BCUT2D eigenvalue weighted by molar-refractivity contribution is -0.327. The molecule has 0 bridgehead atoms. The summed E-state index contributed by atoms with van der Waals surface area (Å²) in [4.78, 5) is 41.0. The van der Waals surface area contributed by atoms with Gasteiger partial charge in [-0.3, -0.25) is 9.78 Å². The molecule has 0 rings (SSSR count). The summed E-state index contributed by atoms with van der Waals surface area (Å²) in [5, 5.41) is 0. The van der Waals surface area contributed by atoms with Crippen LogP contribution < -0.4 is 0 Å². The number of carbonyl (C=O) groups is 2. The molecule has 202 valence electrons. The molecule has 0 aromatic heterocycles. The molecule has 34 heavy (non-hydrogen) atoms. The first-order valence-corrected chi connectivity index (χ1v) is 14.1. The largest absolute Gasteiger partial charge is 0.453 e. The maximum absolute atomic E-state index is 11.4. The van der Waals surface area contributed by atoms with Crippen LogP contribution >= 0.6 is 0 Å². The van der Waals surface area contributed by atoms with E-state index in [0.717, 1.165) is 19.3 Å². The third kappa shape index (κ3) is 25.5. The van der Waals surface area contributed by atoms with Crippen LogP contribution in [0.4, 0.5) is 0 Å². The van der Waals surface area contributed by atoms with E-state index >= 15 is 0 Å². The maximum atomic E-state index is 11.4. The predicted molar refractivity (Wildman–Crippen MR) is 137 cm³/mol. The monoisotopic (exact) mass is 486 g/mol. The van der Waals surface area contributed by atoms with Gasteiger partial charge in [-0.1, -0.05) is 129 Å². The van der Waals surface area contributed by atoms with Crippen molar-refractivity contribution < 1.29 is 29.1 Å². The Kier molecular flexibility index (Phi) is 22.8. The summed E-state index contributed by atoms with van der Waals surface area (Å²) in [6, 6.07) is 0. The lowest BCUT2D eigenvalue weighted by atomic mass is 10.0. The van der Waals surface area contributed by atoms with E-state index in [0.29, 0.717) is 0 Å². The van der Waals surface area contributed by atoms with E-state index in [9.17, 15) is 9.59 Å². The number of unbranched alkanes of at least 4 members (excludes halogenated alkanes) is 19. The molecule has 0 saturated heterocycles. The smallest absolute Gasteiger partial charge is 0.285 e. The van der Waals surface area contributed by atoms with Gasteiger partial charge in [0.15, 0.2) is 0 Å². The second kappa shape index (κ2) is 23.6. The predicted octanol–water partition coefficient (Wildman–Crippen LogP) is 8.56. The molecule has 0 unspecified atom stereocenters. The van der Waals surface area contributed by atoms with Gasteiger partial charge in [-0.2, -0.15) is 9.78 Å². The minimum absolute atomic E-state index is 0.276. The SMILES string of the molecule is CCCCCCCCCCCCCCCCCCCCCCOOC(=O)C(=O)OOC(C)(C)C. The molecule has 0 amide bonds. The zero-order valence-corrected chi connectivity index (χ0v) is 22.8. The van der Waals surface area contributed by atoms with E-state index < -0.39 is 17.5 Å². The van der Waals surface area contributed by atoms with Crippen molar-refractivity contribution in [2.24, 2.45) is 0 Å². The topological polar surface area (TPSA) is 71.1 Å². The molecule has 0 aromatic rings. The minimum atomic E-state index is -1.22. The summed E-state index contributed by atoms with van der Waals surface area (Å²) in [7, 11) is 0. The summed E-state index contributed by atoms with van der Waals surface area (Å²) in [6.45, 7) is 7.64. The Morgan fingerprint density at radius 1 is 0.500 bits per heavy atom. The van der Waals surface area contributed by atoms with Crippen LogP contribution in [-0.4, -0.2) is 24.1 Å². The maximum Gasteiger partial charge on any atom is 0.453 e. The third-order valence-electron chi connectivity index (χ3n) is 5.75. The van der Waals surface area contributed by atoms with Gasteiger partial charge in [-0.25, -0.2) is 9.59 Å². The molecule has 0 spiro atoms. The molecule has 0 aromatic carbocycles. The van der Waals surface area contributed by atoms with Gasteiger partial charge in [0, 0.05) is 0 Å². The summed E-state index contributed by atoms with van der Waals surface area (Å²) in [6.07, 6.45) is 26.5. The van der Waals surface area contributed by atoms with E-state index in [1.807, 2.05) is 0 Å². The highest BCUT2D eigenvalue weighted by Crippen LogP contribution is 2.15. The van der Waals surface area contributed by atoms with Gasteiger partial charge in [0.25, 0.3) is 0 Å². The van der Waals surface area contributed by atoms with Gasteiger partial charge >= 0.3 is 11.9 Å². The average Bonchev–Trinajstić information content (AvgIpc) is 2.80. The van der Waals surface area contributed by atoms with Crippen LogP contribution in [0.25, 0.3) is 0 Å². The van der Waals surface area contributed by atoms with Gasteiger partial charge in [0.2, 0.25) is 0 Å². The second-order valence-electron chi connectivity index (χ2n) is 10.5. The molecule has 0 aliphatic carbocycles. The molecule has 0 fully saturated rings. The standard InChI is InChI=1S/C28H54O6/c1-5-6-7-8-9-10-11-12-13-14-15-16-17-18-19-20-21-22-23-24-25-31-32-26(29)27(30)33-34-28(2,3)4/h5-25H2,1-4H3. The Hall–Kier alpha value is -1.14. The average molecular weight is 487 g/mol. The van der Waals surface area contributed by atoms with Gasteiger partial charge in [-0.05, 0) is 27.2 Å². The van der Waals surface area contributed by atoms with Gasteiger partial charge in [-0.15, -0.1) is 0 Å². The molecular formula is C28H54O6. The van der Waals surface area contributed by atoms with E-state index in [2.05, 4.69) is 16.7 Å². The van der Waals surface area contributed by atoms with Crippen LogP contribution in [0.15, 0.2) is 0 Å². The number of carbonyl (C=O) groups excluding carboxylic acids is 2. The van der Waals surface area contributed by atoms with Crippen molar-refractivity contribution in [2.75, 3.05) is 6.61 Å². The van der Waals surface area contributed by atoms with Crippen molar-refractivity contribution in [1.29, 1.82) is 0 Å². The fourth-order valence-corrected chi connectivity index (χ4v) is 3.74. The number of rotatable bonds is 23. The molecule has 0 N–H and O–H groups in total. The highest BCUT2D eigenvalue weighted by atomic mass is 17.2. The number of hydrogen-bond acceptors (Lipinski definition) is 6. The summed E-state index contributed by atoms with van der Waals surface area (Å²) in [5.41, 5.74) is -0.691.